The molecule has 0 spiro atoms. The summed E-state index contributed by atoms with van der Waals surface area (Å²) in [6, 6.07) is 14.9. The number of ether oxygens (including phenoxy) is 1. The monoisotopic (exact) mass is 411 g/mol. The highest BCUT2D eigenvalue weighted by Gasteiger charge is 2.21. The Hall–Kier alpha value is -3.59. The molecule has 1 amide bonds. The van der Waals surface area contributed by atoms with Gasteiger partial charge in [-0.2, -0.15) is 0 Å². The summed E-state index contributed by atoms with van der Waals surface area (Å²) in [5.41, 5.74) is 1.77. The van der Waals surface area contributed by atoms with Crippen LogP contribution >= 0.6 is 11.3 Å². The predicted octanol–water partition coefficient (Wildman–Crippen LogP) is 4.08. The second-order valence-electron chi connectivity index (χ2n) is 5.93. The summed E-state index contributed by atoms with van der Waals surface area (Å²) >= 11 is 1.04. The Bertz CT molecular complexity index is 1030. The van der Waals surface area contributed by atoms with Gasteiger partial charge in [-0.3, -0.25) is 14.9 Å². The van der Waals surface area contributed by atoms with E-state index >= 15 is 0 Å². The van der Waals surface area contributed by atoms with Crippen LogP contribution in [0.1, 0.15) is 22.2 Å². The molecule has 29 heavy (non-hydrogen) atoms. The van der Waals surface area contributed by atoms with Crippen molar-refractivity contribution in [2.75, 3.05) is 11.9 Å². The highest BCUT2D eigenvalue weighted by atomic mass is 32.1. The van der Waals surface area contributed by atoms with E-state index in [0.29, 0.717) is 16.1 Å². The molecule has 3 aromatic rings. The summed E-state index contributed by atoms with van der Waals surface area (Å²) in [6.07, 6.45) is 0.0208. The first-order valence-corrected chi connectivity index (χ1v) is 9.56. The summed E-state index contributed by atoms with van der Waals surface area (Å²) < 4.78 is 5.10. The standard InChI is InChI=1S/C20H17N3O5S/c1-2-28-19(25)18-17(14-6-4-3-5-7-14)22-20(29-18)21-16(24)12-13-8-10-15(11-9-13)23(26)27/h3-11H,2,12H2,1H3,(H,21,22,24). The van der Waals surface area contributed by atoms with Crippen molar-refractivity contribution >= 4 is 34.0 Å². The molecular weight excluding hydrogens is 394 g/mol. The molecule has 3 rings (SSSR count). The van der Waals surface area contributed by atoms with Crippen molar-refractivity contribution in [1.82, 2.24) is 4.98 Å². The van der Waals surface area contributed by atoms with Crippen LogP contribution in [0.3, 0.4) is 0 Å². The first-order valence-electron chi connectivity index (χ1n) is 8.74. The number of rotatable bonds is 7. The van der Waals surface area contributed by atoms with E-state index in [0.717, 1.165) is 16.9 Å². The highest BCUT2D eigenvalue weighted by Crippen LogP contribution is 2.32. The van der Waals surface area contributed by atoms with Crippen LogP contribution in [0, 0.1) is 10.1 Å². The van der Waals surface area contributed by atoms with Gasteiger partial charge in [0, 0.05) is 17.7 Å². The summed E-state index contributed by atoms with van der Waals surface area (Å²) in [6.45, 7) is 1.95. The molecule has 8 nitrogen and oxygen atoms in total. The number of anilines is 1. The van der Waals surface area contributed by atoms with Crippen LogP contribution in [-0.2, 0) is 16.0 Å². The van der Waals surface area contributed by atoms with Crippen molar-refractivity contribution in [3.05, 3.63) is 75.2 Å². The van der Waals surface area contributed by atoms with Crippen LogP contribution in [0.25, 0.3) is 11.3 Å². The molecule has 0 saturated carbocycles. The lowest BCUT2D eigenvalue weighted by Gasteiger charge is -2.02. The second-order valence-corrected chi connectivity index (χ2v) is 6.93. The van der Waals surface area contributed by atoms with Gasteiger partial charge in [-0.25, -0.2) is 9.78 Å². The normalized spacial score (nSPS) is 10.4. The number of hydrogen-bond acceptors (Lipinski definition) is 7. The summed E-state index contributed by atoms with van der Waals surface area (Å²) in [5, 5.41) is 13.7. The van der Waals surface area contributed by atoms with Gasteiger partial charge in [-0.1, -0.05) is 53.8 Å². The Morgan fingerprint density at radius 1 is 1.14 bits per heavy atom. The number of carbonyl (C=O) groups is 2. The van der Waals surface area contributed by atoms with Gasteiger partial charge in [-0.05, 0) is 12.5 Å². The van der Waals surface area contributed by atoms with Crippen LogP contribution in [0.4, 0.5) is 10.8 Å². The van der Waals surface area contributed by atoms with E-state index in [1.807, 2.05) is 30.3 Å². The lowest BCUT2D eigenvalue weighted by atomic mass is 10.1. The Morgan fingerprint density at radius 2 is 1.83 bits per heavy atom. The maximum atomic E-state index is 12.4. The molecule has 0 bridgehead atoms. The van der Waals surface area contributed by atoms with Gasteiger partial charge in [0.25, 0.3) is 5.69 Å². The lowest BCUT2D eigenvalue weighted by molar-refractivity contribution is -0.384. The first kappa shape index (κ1) is 20.2. The number of nitrogens with one attached hydrogen (secondary N) is 1. The second kappa shape index (κ2) is 9.07. The number of amides is 1. The number of benzene rings is 2. The maximum Gasteiger partial charge on any atom is 0.350 e. The Kier molecular flexibility index (Phi) is 6.30. The fourth-order valence-corrected chi connectivity index (χ4v) is 3.48. The summed E-state index contributed by atoms with van der Waals surface area (Å²) in [7, 11) is 0. The molecule has 0 atom stereocenters. The Balaban J connectivity index is 1.78. The van der Waals surface area contributed by atoms with E-state index in [1.165, 1.54) is 24.3 Å². The molecule has 1 N–H and O–H groups in total. The number of carbonyl (C=O) groups excluding carboxylic acids is 2. The number of esters is 1. The molecular formula is C20H17N3O5S. The highest BCUT2D eigenvalue weighted by molar-refractivity contribution is 7.18. The fraction of sp³-hybridized carbons (Fsp3) is 0.150. The number of non-ortho nitro benzene ring substituents is 1. The molecule has 1 heterocycles. The van der Waals surface area contributed by atoms with E-state index in [2.05, 4.69) is 10.3 Å². The summed E-state index contributed by atoms with van der Waals surface area (Å²) in [5.74, 6) is -0.845. The third-order valence-electron chi connectivity index (χ3n) is 3.89. The zero-order valence-electron chi connectivity index (χ0n) is 15.5. The van der Waals surface area contributed by atoms with E-state index < -0.39 is 10.9 Å². The van der Waals surface area contributed by atoms with Crippen molar-refractivity contribution in [3.8, 4) is 11.3 Å². The molecule has 0 saturated heterocycles. The van der Waals surface area contributed by atoms with Crippen LogP contribution in [0.2, 0.25) is 0 Å². The van der Waals surface area contributed by atoms with Gasteiger partial charge in [0.1, 0.15) is 4.88 Å². The topological polar surface area (TPSA) is 111 Å². The van der Waals surface area contributed by atoms with Crippen LogP contribution in [0.15, 0.2) is 54.6 Å². The minimum atomic E-state index is -0.500. The minimum absolute atomic E-state index is 0.0208. The number of nitro groups is 1. The largest absolute Gasteiger partial charge is 0.462 e. The molecule has 0 radical (unpaired) electrons. The maximum absolute atomic E-state index is 12.4. The van der Waals surface area contributed by atoms with Gasteiger partial charge in [0.2, 0.25) is 5.91 Å². The molecule has 0 aliphatic carbocycles. The van der Waals surface area contributed by atoms with Crippen molar-refractivity contribution in [2.45, 2.75) is 13.3 Å². The third kappa shape index (κ3) is 5.02. The molecule has 0 aliphatic heterocycles. The van der Waals surface area contributed by atoms with Gasteiger partial charge in [0.15, 0.2) is 5.13 Å². The molecule has 0 fully saturated rings. The molecule has 1 aromatic heterocycles. The Morgan fingerprint density at radius 3 is 2.45 bits per heavy atom. The predicted molar refractivity (Wildman–Crippen MR) is 109 cm³/mol. The fourth-order valence-electron chi connectivity index (χ4n) is 2.58. The number of nitro benzene ring substituents is 1. The van der Waals surface area contributed by atoms with Gasteiger partial charge >= 0.3 is 5.97 Å². The number of aromatic nitrogens is 1. The molecule has 0 aliphatic rings. The van der Waals surface area contributed by atoms with E-state index in [-0.39, 0.29) is 29.8 Å². The molecule has 2 aromatic carbocycles. The average molecular weight is 411 g/mol. The molecule has 9 heteroatoms. The Labute approximate surface area is 170 Å². The van der Waals surface area contributed by atoms with Crippen LogP contribution < -0.4 is 5.32 Å². The van der Waals surface area contributed by atoms with Crippen molar-refractivity contribution < 1.29 is 19.2 Å². The van der Waals surface area contributed by atoms with Gasteiger partial charge in [-0.15, -0.1) is 0 Å². The van der Waals surface area contributed by atoms with Crippen LogP contribution in [0.5, 0.6) is 0 Å². The van der Waals surface area contributed by atoms with Crippen molar-refractivity contribution in [3.63, 3.8) is 0 Å². The summed E-state index contributed by atoms with van der Waals surface area (Å²) in [4.78, 5) is 39.6. The van der Waals surface area contributed by atoms with Gasteiger partial charge < -0.3 is 10.1 Å². The van der Waals surface area contributed by atoms with Crippen LogP contribution in [-0.4, -0.2) is 28.4 Å². The SMILES string of the molecule is CCOC(=O)c1sc(NC(=O)Cc2ccc([N+](=O)[O-])cc2)nc1-c1ccccc1. The van der Waals surface area contributed by atoms with Gasteiger partial charge in [0.05, 0.1) is 23.6 Å². The number of hydrogen-bond donors (Lipinski definition) is 1. The zero-order chi connectivity index (χ0) is 20.8. The third-order valence-corrected chi connectivity index (χ3v) is 4.84. The minimum Gasteiger partial charge on any atom is -0.462 e. The lowest BCUT2D eigenvalue weighted by Crippen LogP contribution is -2.14. The molecule has 0 unspecified atom stereocenters. The molecule has 148 valence electrons. The number of thiazole rings is 1. The van der Waals surface area contributed by atoms with E-state index in [4.69, 9.17) is 4.74 Å². The number of nitrogens with zero attached hydrogens (tertiary/aromatic N) is 2. The first-order chi connectivity index (χ1) is 14.0. The quantitative estimate of drug-likeness (QED) is 0.356. The van der Waals surface area contributed by atoms with E-state index in [1.54, 1.807) is 6.92 Å². The zero-order valence-corrected chi connectivity index (χ0v) is 16.3. The van der Waals surface area contributed by atoms with Crippen molar-refractivity contribution in [1.29, 1.82) is 0 Å². The van der Waals surface area contributed by atoms with Crippen molar-refractivity contribution in [2.24, 2.45) is 0 Å². The smallest absolute Gasteiger partial charge is 0.350 e. The van der Waals surface area contributed by atoms with E-state index in [9.17, 15) is 19.7 Å². The average Bonchev–Trinajstić information content (AvgIpc) is 3.13.